The molecule has 1 aliphatic carbocycles. The molecule has 0 aromatic carbocycles. The predicted octanol–water partition coefficient (Wildman–Crippen LogP) is 2.85. The number of amides is 2. The van der Waals surface area contributed by atoms with Crippen LogP contribution in [0, 0.1) is 5.41 Å². The maximum atomic E-state index is 12.0. The van der Waals surface area contributed by atoms with Crippen LogP contribution in [0.4, 0.5) is 4.79 Å². The third-order valence-electron chi connectivity index (χ3n) is 4.72. The van der Waals surface area contributed by atoms with Crippen LogP contribution in [0.1, 0.15) is 52.4 Å². The number of carbonyl (C=O) groups excluding carboxylic acids is 1. The molecule has 21 heavy (non-hydrogen) atoms. The topological polar surface area (TPSA) is 78.4 Å². The van der Waals surface area contributed by atoms with E-state index < -0.39 is 11.4 Å². The smallest absolute Gasteiger partial charge is 0.315 e. The molecular formula is C15H28N2O3S. The Morgan fingerprint density at radius 3 is 2.38 bits per heavy atom. The van der Waals surface area contributed by atoms with Gasteiger partial charge in [-0.15, -0.1) is 0 Å². The second-order valence-electron chi connectivity index (χ2n) is 5.78. The van der Waals surface area contributed by atoms with Gasteiger partial charge in [0.25, 0.3) is 0 Å². The Labute approximate surface area is 131 Å². The first kappa shape index (κ1) is 18.1. The molecule has 1 saturated carbocycles. The highest BCUT2D eigenvalue weighted by molar-refractivity contribution is 7.99. The summed E-state index contributed by atoms with van der Waals surface area (Å²) in [6, 6.07) is -0.0512. The Bertz CT molecular complexity index is 359. The molecule has 2 unspecified atom stereocenters. The molecule has 0 radical (unpaired) electrons. The minimum Gasteiger partial charge on any atom is -0.481 e. The highest BCUT2D eigenvalue weighted by atomic mass is 32.2. The minimum absolute atomic E-state index is 0.178. The fraction of sp³-hybridized carbons (Fsp3) is 0.867. The van der Waals surface area contributed by atoms with Crippen LogP contribution in [0.3, 0.4) is 0 Å². The van der Waals surface area contributed by atoms with Gasteiger partial charge in [0.1, 0.15) is 0 Å². The SMILES string of the molecule is CCC(CC)(CNC(=O)NC1CCCCC1SC)C(=O)O. The lowest BCUT2D eigenvalue weighted by atomic mass is 9.82. The molecule has 5 nitrogen and oxygen atoms in total. The van der Waals surface area contributed by atoms with Gasteiger partial charge < -0.3 is 15.7 Å². The van der Waals surface area contributed by atoms with Crippen LogP contribution in [-0.2, 0) is 4.79 Å². The van der Waals surface area contributed by atoms with E-state index in [1.807, 2.05) is 13.8 Å². The zero-order valence-corrected chi connectivity index (χ0v) is 14.1. The van der Waals surface area contributed by atoms with Crippen LogP contribution in [0.2, 0.25) is 0 Å². The summed E-state index contributed by atoms with van der Waals surface area (Å²) in [6.07, 6.45) is 7.60. The number of carboxylic acid groups (broad SMARTS) is 1. The number of aliphatic carboxylic acids is 1. The summed E-state index contributed by atoms with van der Waals surface area (Å²) in [7, 11) is 0. The Balaban J connectivity index is 2.51. The number of carboxylic acids is 1. The molecule has 0 bridgehead atoms. The van der Waals surface area contributed by atoms with Crippen molar-refractivity contribution < 1.29 is 14.7 Å². The van der Waals surface area contributed by atoms with Crippen LogP contribution >= 0.6 is 11.8 Å². The summed E-state index contributed by atoms with van der Waals surface area (Å²) in [5.41, 5.74) is -0.858. The molecule has 0 aromatic rings. The molecule has 2 amide bonds. The van der Waals surface area contributed by atoms with Crippen molar-refractivity contribution >= 4 is 23.8 Å². The zero-order valence-electron chi connectivity index (χ0n) is 13.3. The summed E-state index contributed by atoms with van der Waals surface area (Å²) in [5, 5.41) is 15.6. The van der Waals surface area contributed by atoms with E-state index in [-0.39, 0.29) is 18.6 Å². The van der Waals surface area contributed by atoms with Crippen molar-refractivity contribution in [3.63, 3.8) is 0 Å². The third kappa shape index (κ3) is 4.80. The molecule has 1 aliphatic rings. The van der Waals surface area contributed by atoms with Crippen molar-refractivity contribution in [3.8, 4) is 0 Å². The van der Waals surface area contributed by atoms with E-state index in [9.17, 15) is 14.7 Å². The largest absolute Gasteiger partial charge is 0.481 e. The lowest BCUT2D eigenvalue weighted by Gasteiger charge is -2.32. The molecular weight excluding hydrogens is 288 g/mol. The molecule has 0 spiro atoms. The standard InChI is InChI=1S/C15H28N2O3S/c1-4-15(5-2,13(18)19)10-16-14(20)17-11-8-6-7-9-12(11)21-3/h11-12H,4-10H2,1-3H3,(H,18,19)(H2,16,17,20). The van der Waals surface area contributed by atoms with Gasteiger partial charge in [-0.1, -0.05) is 26.7 Å². The van der Waals surface area contributed by atoms with E-state index in [0.29, 0.717) is 18.1 Å². The van der Waals surface area contributed by atoms with Crippen LogP contribution in [0.5, 0.6) is 0 Å². The second-order valence-corrected chi connectivity index (χ2v) is 6.86. The van der Waals surface area contributed by atoms with Crippen molar-refractivity contribution in [1.29, 1.82) is 0 Å². The van der Waals surface area contributed by atoms with Crippen LogP contribution < -0.4 is 10.6 Å². The van der Waals surface area contributed by atoms with E-state index in [4.69, 9.17) is 0 Å². The molecule has 0 aliphatic heterocycles. The van der Waals surface area contributed by atoms with Crippen LogP contribution in [-0.4, -0.2) is 41.2 Å². The van der Waals surface area contributed by atoms with Crippen LogP contribution in [0.15, 0.2) is 0 Å². The Morgan fingerprint density at radius 1 is 1.24 bits per heavy atom. The summed E-state index contributed by atoms with van der Waals surface area (Å²) < 4.78 is 0. The molecule has 3 N–H and O–H groups in total. The quantitative estimate of drug-likeness (QED) is 0.675. The molecule has 6 heteroatoms. The highest BCUT2D eigenvalue weighted by Crippen LogP contribution is 2.27. The number of thioether (sulfide) groups is 1. The van der Waals surface area contributed by atoms with E-state index >= 15 is 0 Å². The number of carbonyl (C=O) groups is 2. The minimum atomic E-state index is -0.858. The number of nitrogens with one attached hydrogen (secondary N) is 2. The number of hydrogen-bond acceptors (Lipinski definition) is 3. The number of urea groups is 1. The predicted molar refractivity (Wildman–Crippen MR) is 86.7 cm³/mol. The summed E-state index contributed by atoms with van der Waals surface area (Å²) >= 11 is 1.80. The Morgan fingerprint density at radius 2 is 1.86 bits per heavy atom. The molecule has 2 atom stereocenters. The van der Waals surface area contributed by atoms with Crippen molar-refractivity contribution in [2.24, 2.45) is 5.41 Å². The van der Waals surface area contributed by atoms with E-state index in [0.717, 1.165) is 19.3 Å². The molecule has 122 valence electrons. The molecule has 0 aromatic heterocycles. The monoisotopic (exact) mass is 316 g/mol. The lowest BCUT2D eigenvalue weighted by molar-refractivity contribution is -0.149. The van der Waals surface area contributed by atoms with Gasteiger partial charge in [0.2, 0.25) is 0 Å². The van der Waals surface area contributed by atoms with E-state index in [1.54, 1.807) is 11.8 Å². The molecule has 1 fully saturated rings. The van der Waals surface area contributed by atoms with Gasteiger partial charge in [0.15, 0.2) is 0 Å². The highest BCUT2D eigenvalue weighted by Gasteiger charge is 2.35. The average Bonchev–Trinajstić information content (AvgIpc) is 2.49. The van der Waals surface area contributed by atoms with Gasteiger partial charge >= 0.3 is 12.0 Å². The van der Waals surface area contributed by atoms with Gasteiger partial charge in [-0.05, 0) is 31.9 Å². The van der Waals surface area contributed by atoms with E-state index in [1.165, 1.54) is 6.42 Å². The fourth-order valence-corrected chi connectivity index (χ4v) is 3.83. The number of rotatable bonds is 7. The maximum absolute atomic E-state index is 12.0. The van der Waals surface area contributed by atoms with Crippen molar-refractivity contribution in [3.05, 3.63) is 0 Å². The summed E-state index contributed by atoms with van der Waals surface area (Å²) in [6.45, 7) is 3.88. The Hall–Kier alpha value is -0.910. The van der Waals surface area contributed by atoms with Gasteiger partial charge in [0.05, 0.1) is 5.41 Å². The van der Waals surface area contributed by atoms with Gasteiger partial charge in [-0.25, -0.2) is 4.79 Å². The molecule has 0 heterocycles. The van der Waals surface area contributed by atoms with Gasteiger partial charge in [0, 0.05) is 17.8 Å². The summed E-state index contributed by atoms with van der Waals surface area (Å²) in [4.78, 5) is 23.5. The maximum Gasteiger partial charge on any atom is 0.315 e. The van der Waals surface area contributed by atoms with Crippen molar-refractivity contribution in [1.82, 2.24) is 10.6 Å². The first-order chi connectivity index (χ1) is 9.99. The van der Waals surface area contributed by atoms with Gasteiger partial charge in [-0.3, -0.25) is 4.79 Å². The normalized spacial score (nSPS) is 22.6. The fourth-order valence-electron chi connectivity index (χ4n) is 2.89. The average molecular weight is 316 g/mol. The van der Waals surface area contributed by atoms with Gasteiger partial charge in [-0.2, -0.15) is 11.8 Å². The first-order valence-corrected chi connectivity index (χ1v) is 9.08. The first-order valence-electron chi connectivity index (χ1n) is 7.79. The van der Waals surface area contributed by atoms with Crippen molar-refractivity contribution in [2.45, 2.75) is 63.7 Å². The summed E-state index contributed by atoms with van der Waals surface area (Å²) in [5.74, 6) is -0.840. The molecule has 1 rings (SSSR count). The Kier molecular flexibility index (Phi) is 7.35. The lowest BCUT2D eigenvalue weighted by Crippen LogP contribution is -2.51. The third-order valence-corrected chi connectivity index (χ3v) is 5.89. The van der Waals surface area contributed by atoms with E-state index in [2.05, 4.69) is 16.9 Å². The number of hydrogen-bond donors (Lipinski definition) is 3. The zero-order chi connectivity index (χ0) is 15.9. The van der Waals surface area contributed by atoms with Crippen LogP contribution in [0.25, 0.3) is 0 Å². The van der Waals surface area contributed by atoms with Crippen molar-refractivity contribution in [2.75, 3.05) is 12.8 Å². The second kappa shape index (κ2) is 8.51. The molecule has 0 saturated heterocycles.